The molecule has 1 aromatic rings. The second kappa shape index (κ2) is 4.68. The number of hydrogen-bond donors (Lipinski definition) is 1. The number of nitrogen functional groups attached to an aromatic ring is 1. The molecule has 2 N–H and O–H groups in total. The summed E-state index contributed by atoms with van der Waals surface area (Å²) in [6.45, 7) is 6.41. The van der Waals surface area contributed by atoms with Crippen molar-refractivity contribution in [2.45, 2.75) is 33.1 Å². The Balaban J connectivity index is 2.18. The Kier molecular flexibility index (Phi) is 3.27. The van der Waals surface area contributed by atoms with E-state index in [2.05, 4.69) is 21.8 Å². The van der Waals surface area contributed by atoms with Gasteiger partial charge < -0.3 is 10.6 Å². The Bertz CT molecular complexity index is 360. The highest BCUT2D eigenvalue weighted by molar-refractivity contribution is 5.48. The molecule has 16 heavy (non-hydrogen) atoms. The lowest BCUT2D eigenvalue weighted by Gasteiger charge is -2.24. The van der Waals surface area contributed by atoms with Crippen LogP contribution in [0.2, 0.25) is 0 Å². The Hall–Kier alpha value is -1.32. The molecule has 1 saturated carbocycles. The molecule has 1 fully saturated rings. The third-order valence-electron chi connectivity index (χ3n) is 2.93. The molecule has 1 aliphatic rings. The van der Waals surface area contributed by atoms with Gasteiger partial charge in [0.1, 0.15) is 5.82 Å². The van der Waals surface area contributed by atoms with Gasteiger partial charge in [-0.2, -0.15) is 4.98 Å². The maximum Gasteiger partial charge on any atom is 0.221 e. The van der Waals surface area contributed by atoms with Crippen molar-refractivity contribution < 1.29 is 0 Å². The van der Waals surface area contributed by atoms with Gasteiger partial charge >= 0.3 is 0 Å². The molecule has 0 radical (unpaired) electrons. The van der Waals surface area contributed by atoms with Crippen LogP contribution in [-0.4, -0.2) is 23.1 Å². The van der Waals surface area contributed by atoms with Gasteiger partial charge in [-0.15, -0.1) is 0 Å². The fourth-order valence-corrected chi connectivity index (χ4v) is 1.93. The summed E-state index contributed by atoms with van der Waals surface area (Å²) in [5.74, 6) is 2.25. The summed E-state index contributed by atoms with van der Waals surface area (Å²) in [5, 5.41) is 0. The normalized spacial score (nSPS) is 15.1. The second-order valence-electron chi connectivity index (χ2n) is 4.62. The van der Waals surface area contributed by atoms with Gasteiger partial charge in [-0.25, -0.2) is 4.98 Å². The summed E-state index contributed by atoms with van der Waals surface area (Å²) < 4.78 is 0. The van der Waals surface area contributed by atoms with Gasteiger partial charge in [-0.05, 0) is 32.1 Å². The standard InChI is InChI=1S/C12H20N4/c1-3-6-16(8-10-4-5-10)11-9(2)7-14-12(13)15-11/h7,10H,3-6,8H2,1-2H3,(H2,13,14,15). The first kappa shape index (κ1) is 11.2. The first-order chi connectivity index (χ1) is 7.70. The monoisotopic (exact) mass is 220 g/mol. The van der Waals surface area contributed by atoms with E-state index in [1.807, 2.05) is 13.1 Å². The van der Waals surface area contributed by atoms with Gasteiger partial charge in [-0.1, -0.05) is 6.92 Å². The van der Waals surface area contributed by atoms with Crippen LogP contribution in [0.1, 0.15) is 31.7 Å². The number of hydrogen-bond acceptors (Lipinski definition) is 4. The smallest absolute Gasteiger partial charge is 0.221 e. The number of nitrogens with two attached hydrogens (primary N) is 1. The maximum absolute atomic E-state index is 5.66. The highest BCUT2D eigenvalue weighted by Gasteiger charge is 2.25. The van der Waals surface area contributed by atoms with E-state index >= 15 is 0 Å². The zero-order chi connectivity index (χ0) is 11.5. The van der Waals surface area contributed by atoms with Crippen LogP contribution in [0, 0.1) is 12.8 Å². The average Bonchev–Trinajstić information content (AvgIpc) is 3.05. The third-order valence-corrected chi connectivity index (χ3v) is 2.93. The summed E-state index contributed by atoms with van der Waals surface area (Å²) >= 11 is 0. The van der Waals surface area contributed by atoms with Crippen molar-refractivity contribution in [2.75, 3.05) is 23.7 Å². The van der Waals surface area contributed by atoms with Crippen LogP contribution in [-0.2, 0) is 0 Å². The molecule has 2 rings (SSSR count). The lowest BCUT2D eigenvalue weighted by Crippen LogP contribution is -2.28. The molecule has 4 nitrogen and oxygen atoms in total. The number of anilines is 2. The van der Waals surface area contributed by atoms with Crippen molar-refractivity contribution in [3.63, 3.8) is 0 Å². The molecule has 0 spiro atoms. The lowest BCUT2D eigenvalue weighted by atomic mass is 10.2. The van der Waals surface area contributed by atoms with Crippen LogP contribution < -0.4 is 10.6 Å². The van der Waals surface area contributed by atoms with Crippen LogP contribution in [0.4, 0.5) is 11.8 Å². The van der Waals surface area contributed by atoms with Gasteiger partial charge in [0.2, 0.25) is 5.95 Å². The van der Waals surface area contributed by atoms with Crippen molar-refractivity contribution in [1.29, 1.82) is 0 Å². The van der Waals surface area contributed by atoms with Crippen molar-refractivity contribution in [2.24, 2.45) is 5.92 Å². The van der Waals surface area contributed by atoms with E-state index in [0.29, 0.717) is 5.95 Å². The summed E-state index contributed by atoms with van der Waals surface area (Å²) in [5.41, 5.74) is 6.77. The predicted octanol–water partition coefficient (Wildman–Crippen LogP) is 1.99. The molecule has 0 saturated heterocycles. The van der Waals surface area contributed by atoms with Gasteiger partial charge in [0, 0.05) is 24.8 Å². The van der Waals surface area contributed by atoms with E-state index in [9.17, 15) is 0 Å². The Labute approximate surface area is 96.9 Å². The predicted molar refractivity (Wildman–Crippen MR) is 66.4 cm³/mol. The van der Waals surface area contributed by atoms with E-state index in [4.69, 9.17) is 5.73 Å². The van der Waals surface area contributed by atoms with Gasteiger partial charge in [0.15, 0.2) is 0 Å². The lowest BCUT2D eigenvalue weighted by molar-refractivity contribution is 0.696. The largest absolute Gasteiger partial charge is 0.368 e. The summed E-state index contributed by atoms with van der Waals surface area (Å²) in [6.07, 6.45) is 5.67. The molecule has 0 aromatic carbocycles. The minimum absolute atomic E-state index is 0.373. The molecule has 0 unspecified atom stereocenters. The minimum Gasteiger partial charge on any atom is -0.368 e. The first-order valence-electron chi connectivity index (χ1n) is 6.04. The van der Waals surface area contributed by atoms with Crippen LogP contribution in [0.15, 0.2) is 6.20 Å². The molecule has 1 heterocycles. The fraction of sp³-hybridized carbons (Fsp3) is 0.667. The van der Waals surface area contributed by atoms with E-state index in [1.54, 1.807) is 0 Å². The molecule has 0 amide bonds. The van der Waals surface area contributed by atoms with Crippen LogP contribution in [0.5, 0.6) is 0 Å². The number of rotatable bonds is 5. The molecular formula is C12H20N4. The molecule has 0 atom stereocenters. The topological polar surface area (TPSA) is 55.0 Å². The number of aromatic nitrogens is 2. The zero-order valence-electron chi connectivity index (χ0n) is 10.1. The number of aryl methyl sites for hydroxylation is 1. The maximum atomic E-state index is 5.66. The summed E-state index contributed by atoms with van der Waals surface area (Å²) in [7, 11) is 0. The van der Waals surface area contributed by atoms with Crippen LogP contribution >= 0.6 is 0 Å². The fourth-order valence-electron chi connectivity index (χ4n) is 1.93. The molecule has 1 aromatic heterocycles. The van der Waals surface area contributed by atoms with Crippen molar-refractivity contribution in [1.82, 2.24) is 9.97 Å². The van der Waals surface area contributed by atoms with E-state index in [1.165, 1.54) is 12.8 Å². The zero-order valence-corrected chi connectivity index (χ0v) is 10.1. The average molecular weight is 220 g/mol. The van der Waals surface area contributed by atoms with Crippen LogP contribution in [0.3, 0.4) is 0 Å². The van der Waals surface area contributed by atoms with Crippen molar-refractivity contribution >= 4 is 11.8 Å². The highest BCUT2D eigenvalue weighted by atomic mass is 15.2. The molecule has 0 aliphatic heterocycles. The van der Waals surface area contributed by atoms with Crippen LogP contribution in [0.25, 0.3) is 0 Å². The SMILES string of the molecule is CCCN(CC1CC1)c1nc(N)ncc1C. The molecule has 1 aliphatic carbocycles. The van der Waals surface area contributed by atoms with Crippen molar-refractivity contribution in [3.8, 4) is 0 Å². The third kappa shape index (κ3) is 2.62. The Morgan fingerprint density at radius 3 is 2.88 bits per heavy atom. The molecule has 88 valence electrons. The van der Waals surface area contributed by atoms with E-state index < -0.39 is 0 Å². The van der Waals surface area contributed by atoms with E-state index in [0.717, 1.165) is 36.8 Å². The molecular weight excluding hydrogens is 200 g/mol. The Morgan fingerprint density at radius 1 is 1.50 bits per heavy atom. The quantitative estimate of drug-likeness (QED) is 0.824. The van der Waals surface area contributed by atoms with E-state index in [-0.39, 0.29) is 0 Å². The summed E-state index contributed by atoms with van der Waals surface area (Å²) in [4.78, 5) is 10.7. The van der Waals surface area contributed by atoms with Crippen molar-refractivity contribution in [3.05, 3.63) is 11.8 Å². The van der Waals surface area contributed by atoms with Gasteiger partial charge in [0.25, 0.3) is 0 Å². The number of nitrogens with zero attached hydrogens (tertiary/aromatic N) is 3. The second-order valence-corrected chi connectivity index (χ2v) is 4.62. The molecule has 4 heteroatoms. The highest BCUT2D eigenvalue weighted by Crippen LogP contribution is 2.31. The minimum atomic E-state index is 0.373. The van der Waals surface area contributed by atoms with Gasteiger partial charge in [-0.3, -0.25) is 0 Å². The van der Waals surface area contributed by atoms with Gasteiger partial charge in [0.05, 0.1) is 0 Å². The summed E-state index contributed by atoms with van der Waals surface area (Å²) in [6, 6.07) is 0. The Morgan fingerprint density at radius 2 is 2.25 bits per heavy atom. The molecule has 0 bridgehead atoms. The first-order valence-corrected chi connectivity index (χ1v) is 6.04.